The third kappa shape index (κ3) is 3.42. The van der Waals surface area contributed by atoms with Crippen LogP contribution in [-0.4, -0.2) is 80.3 Å². The van der Waals surface area contributed by atoms with Gasteiger partial charge in [-0.3, -0.25) is 4.90 Å². The third-order valence-corrected chi connectivity index (χ3v) is 7.06. The number of piperidine rings is 1. The van der Waals surface area contributed by atoms with Gasteiger partial charge in [0.1, 0.15) is 0 Å². The molecule has 1 unspecified atom stereocenters. The minimum absolute atomic E-state index is 0.121. The summed E-state index contributed by atoms with van der Waals surface area (Å²) in [6.45, 7) is 4.53. The zero-order valence-electron chi connectivity index (χ0n) is 13.0. The van der Waals surface area contributed by atoms with Crippen molar-refractivity contribution in [3.63, 3.8) is 0 Å². The Morgan fingerprint density at radius 1 is 1.00 bits per heavy atom. The maximum atomic E-state index is 12.9. The molecule has 1 atom stereocenters. The van der Waals surface area contributed by atoms with Gasteiger partial charge in [-0.15, -0.1) is 0 Å². The van der Waals surface area contributed by atoms with E-state index in [2.05, 4.69) is 10.2 Å². The van der Waals surface area contributed by atoms with Crippen molar-refractivity contribution in [3.05, 3.63) is 0 Å². The van der Waals surface area contributed by atoms with Gasteiger partial charge < -0.3 is 5.32 Å². The molecule has 2 heterocycles. The highest BCUT2D eigenvalue weighted by Gasteiger charge is 2.39. The molecular formula is C14H28N4O2S. The van der Waals surface area contributed by atoms with Crippen LogP contribution in [0.1, 0.15) is 32.1 Å². The van der Waals surface area contributed by atoms with Crippen LogP contribution < -0.4 is 5.32 Å². The van der Waals surface area contributed by atoms with Crippen LogP contribution in [-0.2, 0) is 10.2 Å². The monoisotopic (exact) mass is 316 g/mol. The molecule has 7 heteroatoms. The highest BCUT2D eigenvalue weighted by molar-refractivity contribution is 7.86. The molecule has 0 bridgehead atoms. The molecule has 0 amide bonds. The third-order valence-electron chi connectivity index (χ3n) is 4.97. The van der Waals surface area contributed by atoms with E-state index in [0.717, 1.165) is 44.9 Å². The second kappa shape index (κ2) is 6.50. The Hall–Kier alpha value is -0.210. The van der Waals surface area contributed by atoms with Crippen molar-refractivity contribution in [2.24, 2.45) is 0 Å². The predicted molar refractivity (Wildman–Crippen MR) is 83.4 cm³/mol. The highest BCUT2D eigenvalue weighted by Crippen LogP contribution is 2.29. The summed E-state index contributed by atoms with van der Waals surface area (Å²) in [5, 5.41) is 3.14. The van der Waals surface area contributed by atoms with Gasteiger partial charge in [0.2, 0.25) is 0 Å². The number of rotatable bonds is 5. The summed E-state index contributed by atoms with van der Waals surface area (Å²) in [5.74, 6) is 0. The van der Waals surface area contributed by atoms with Crippen molar-refractivity contribution in [2.75, 3.05) is 46.3 Å². The molecule has 21 heavy (non-hydrogen) atoms. The van der Waals surface area contributed by atoms with Crippen LogP contribution in [0, 0.1) is 0 Å². The molecule has 2 aliphatic heterocycles. The summed E-state index contributed by atoms with van der Waals surface area (Å²) >= 11 is 0. The fourth-order valence-electron chi connectivity index (χ4n) is 3.60. The topological polar surface area (TPSA) is 55.9 Å². The number of hydrogen-bond acceptors (Lipinski definition) is 4. The Balaban J connectivity index is 1.64. The predicted octanol–water partition coefficient (Wildman–Crippen LogP) is 0.0851. The summed E-state index contributed by atoms with van der Waals surface area (Å²) < 4.78 is 29.3. The molecular weight excluding hydrogens is 288 g/mol. The van der Waals surface area contributed by atoms with Crippen molar-refractivity contribution < 1.29 is 8.42 Å². The van der Waals surface area contributed by atoms with E-state index in [-0.39, 0.29) is 6.04 Å². The molecule has 3 rings (SSSR count). The molecule has 1 saturated carbocycles. The van der Waals surface area contributed by atoms with E-state index in [1.54, 1.807) is 8.61 Å². The Morgan fingerprint density at radius 2 is 1.71 bits per heavy atom. The van der Waals surface area contributed by atoms with Gasteiger partial charge in [-0.25, -0.2) is 0 Å². The van der Waals surface area contributed by atoms with Crippen LogP contribution in [0.5, 0.6) is 0 Å². The summed E-state index contributed by atoms with van der Waals surface area (Å²) in [5.41, 5.74) is 0. The lowest BCUT2D eigenvalue weighted by atomic mass is 10.1. The number of nitrogens with one attached hydrogen (secondary N) is 1. The Kier molecular flexibility index (Phi) is 4.85. The van der Waals surface area contributed by atoms with E-state index in [1.165, 1.54) is 12.8 Å². The molecule has 0 aromatic carbocycles. The minimum Gasteiger partial charge on any atom is -0.318 e. The molecule has 6 nitrogen and oxygen atoms in total. The molecule has 0 radical (unpaired) electrons. The summed E-state index contributed by atoms with van der Waals surface area (Å²) in [7, 11) is -1.39. The molecule has 1 N–H and O–H groups in total. The summed E-state index contributed by atoms with van der Waals surface area (Å²) in [4.78, 5) is 2.45. The molecule has 0 spiro atoms. The van der Waals surface area contributed by atoms with Gasteiger partial charge in [0.05, 0.1) is 0 Å². The SMILES string of the molecule is CNCC1CCCCN1S(=O)(=O)N1CCN(C2CC2)CC1. The zero-order chi connectivity index (χ0) is 14.9. The lowest BCUT2D eigenvalue weighted by Gasteiger charge is -2.41. The van der Waals surface area contributed by atoms with Gasteiger partial charge in [0.25, 0.3) is 10.2 Å². The fourth-order valence-corrected chi connectivity index (χ4v) is 5.44. The summed E-state index contributed by atoms with van der Waals surface area (Å²) in [6.07, 6.45) is 5.68. The number of nitrogens with zero attached hydrogens (tertiary/aromatic N) is 3. The first-order chi connectivity index (χ1) is 10.1. The van der Waals surface area contributed by atoms with E-state index in [0.29, 0.717) is 19.6 Å². The van der Waals surface area contributed by atoms with Gasteiger partial charge >= 0.3 is 0 Å². The normalized spacial score (nSPS) is 30.6. The zero-order valence-corrected chi connectivity index (χ0v) is 13.8. The first-order valence-corrected chi connectivity index (χ1v) is 9.68. The maximum absolute atomic E-state index is 12.9. The van der Waals surface area contributed by atoms with Crippen molar-refractivity contribution >= 4 is 10.2 Å². The van der Waals surface area contributed by atoms with Gasteiger partial charge in [-0.05, 0) is 32.7 Å². The standard InChI is InChI=1S/C14H28N4O2S/c1-15-12-14-4-2-3-7-18(14)21(19,20)17-10-8-16(9-11-17)13-5-6-13/h13-15H,2-12H2,1H3. The van der Waals surface area contributed by atoms with Crippen LogP contribution >= 0.6 is 0 Å². The summed E-state index contributed by atoms with van der Waals surface area (Å²) in [6, 6.07) is 0.858. The van der Waals surface area contributed by atoms with E-state index >= 15 is 0 Å². The molecule has 122 valence electrons. The quantitative estimate of drug-likeness (QED) is 0.781. The van der Waals surface area contributed by atoms with Gasteiger partial charge in [-0.1, -0.05) is 6.42 Å². The number of likely N-dealkylation sites (N-methyl/N-ethyl adjacent to an activating group) is 1. The number of piperazine rings is 1. The Labute approximate surface area is 128 Å². The molecule has 1 aliphatic carbocycles. The van der Waals surface area contributed by atoms with Crippen molar-refractivity contribution in [3.8, 4) is 0 Å². The van der Waals surface area contributed by atoms with Crippen LogP contribution in [0.3, 0.4) is 0 Å². The largest absolute Gasteiger partial charge is 0.318 e. The van der Waals surface area contributed by atoms with Crippen molar-refractivity contribution in [1.82, 2.24) is 18.8 Å². The lowest BCUT2D eigenvalue weighted by molar-refractivity contribution is 0.163. The van der Waals surface area contributed by atoms with Crippen molar-refractivity contribution in [2.45, 2.75) is 44.2 Å². The molecule has 0 aromatic heterocycles. The van der Waals surface area contributed by atoms with E-state index in [4.69, 9.17) is 0 Å². The molecule has 3 aliphatic rings. The van der Waals surface area contributed by atoms with Gasteiger partial charge in [0.15, 0.2) is 0 Å². The Morgan fingerprint density at radius 3 is 2.33 bits per heavy atom. The second-order valence-electron chi connectivity index (χ2n) is 6.49. The lowest BCUT2D eigenvalue weighted by Crippen LogP contribution is -2.57. The van der Waals surface area contributed by atoms with E-state index in [9.17, 15) is 8.42 Å². The molecule has 0 aromatic rings. The van der Waals surface area contributed by atoms with Gasteiger partial charge in [0, 0.05) is 51.4 Å². The van der Waals surface area contributed by atoms with Crippen LogP contribution in [0.25, 0.3) is 0 Å². The maximum Gasteiger partial charge on any atom is 0.282 e. The molecule has 3 fully saturated rings. The Bertz CT molecular complexity index is 442. The van der Waals surface area contributed by atoms with Crippen LogP contribution in [0.4, 0.5) is 0 Å². The first kappa shape index (κ1) is 15.7. The average molecular weight is 316 g/mol. The fraction of sp³-hybridized carbons (Fsp3) is 1.00. The van der Waals surface area contributed by atoms with Crippen molar-refractivity contribution in [1.29, 1.82) is 0 Å². The van der Waals surface area contributed by atoms with Crippen LogP contribution in [0.2, 0.25) is 0 Å². The first-order valence-electron chi connectivity index (χ1n) is 8.28. The van der Waals surface area contributed by atoms with Gasteiger partial charge in [-0.2, -0.15) is 17.0 Å². The smallest absolute Gasteiger partial charge is 0.282 e. The van der Waals surface area contributed by atoms with Crippen LogP contribution in [0.15, 0.2) is 0 Å². The minimum atomic E-state index is -3.29. The van der Waals surface area contributed by atoms with E-state index < -0.39 is 10.2 Å². The average Bonchev–Trinajstić information content (AvgIpc) is 3.33. The van der Waals surface area contributed by atoms with E-state index in [1.807, 2.05) is 7.05 Å². The second-order valence-corrected chi connectivity index (χ2v) is 8.37. The highest BCUT2D eigenvalue weighted by atomic mass is 32.2. The number of hydrogen-bond donors (Lipinski definition) is 1. The molecule has 2 saturated heterocycles.